The van der Waals surface area contributed by atoms with E-state index in [-0.39, 0.29) is 0 Å². The molecule has 0 aliphatic carbocycles. The summed E-state index contributed by atoms with van der Waals surface area (Å²) in [5.41, 5.74) is 10.0. The number of nitrogens with zero attached hydrogens (tertiary/aromatic N) is 2. The Kier molecular flexibility index (Phi) is 5.55. The summed E-state index contributed by atoms with van der Waals surface area (Å²) in [4.78, 5) is 0. The first kappa shape index (κ1) is 17.2. The molecule has 0 aliphatic rings. The highest BCUT2D eigenvalue weighted by atomic mass is 32.1. The van der Waals surface area contributed by atoms with Crippen molar-refractivity contribution in [2.45, 2.75) is 34.6 Å². The molecule has 2 aromatic rings. The fourth-order valence-corrected chi connectivity index (χ4v) is 2.98. The lowest BCUT2D eigenvalue weighted by Crippen LogP contribution is -2.31. The van der Waals surface area contributed by atoms with Gasteiger partial charge in [-0.15, -0.1) is 0 Å². The van der Waals surface area contributed by atoms with Crippen LogP contribution in [-0.2, 0) is 0 Å². The maximum absolute atomic E-state index is 5.10. The number of nitrogens with one attached hydrogen (secondary N) is 2. The molecule has 4 nitrogen and oxygen atoms in total. The Morgan fingerprint density at radius 1 is 1.22 bits per heavy atom. The lowest BCUT2D eigenvalue weighted by molar-refractivity contribution is 0.903. The Labute approximate surface area is 143 Å². The molecule has 0 amide bonds. The van der Waals surface area contributed by atoms with E-state index >= 15 is 0 Å². The lowest BCUT2D eigenvalue weighted by atomic mass is 10.1. The molecule has 0 aliphatic heterocycles. The zero-order valence-electron chi connectivity index (χ0n) is 14.4. The van der Waals surface area contributed by atoms with Crippen molar-refractivity contribution in [1.29, 1.82) is 0 Å². The van der Waals surface area contributed by atoms with Crippen LogP contribution >= 0.6 is 12.2 Å². The van der Waals surface area contributed by atoms with Crippen molar-refractivity contribution in [3.63, 3.8) is 0 Å². The number of hydrogen-bond donors (Lipinski definition) is 2. The van der Waals surface area contributed by atoms with Gasteiger partial charge >= 0.3 is 0 Å². The molecule has 1 aromatic carbocycles. The summed E-state index contributed by atoms with van der Waals surface area (Å²) < 4.78 is 2.29. The van der Waals surface area contributed by atoms with Crippen LogP contribution < -0.4 is 10.7 Å². The quantitative estimate of drug-likeness (QED) is 0.512. The van der Waals surface area contributed by atoms with Gasteiger partial charge in [0.1, 0.15) is 0 Å². The zero-order valence-corrected chi connectivity index (χ0v) is 15.2. The van der Waals surface area contributed by atoms with Crippen molar-refractivity contribution in [2.75, 3.05) is 6.54 Å². The third kappa shape index (κ3) is 3.79. The average molecular weight is 328 g/mol. The number of hydrazone groups is 1. The van der Waals surface area contributed by atoms with Gasteiger partial charge in [0.2, 0.25) is 0 Å². The molecule has 0 saturated heterocycles. The minimum Gasteiger partial charge on any atom is -0.362 e. The van der Waals surface area contributed by atoms with Crippen LogP contribution in [0.3, 0.4) is 0 Å². The second-order valence-corrected chi connectivity index (χ2v) is 6.04. The Morgan fingerprint density at radius 2 is 1.87 bits per heavy atom. The van der Waals surface area contributed by atoms with Crippen molar-refractivity contribution < 1.29 is 0 Å². The highest BCUT2D eigenvalue weighted by Gasteiger charge is 2.13. The Morgan fingerprint density at radius 3 is 2.48 bits per heavy atom. The molecule has 0 bridgehead atoms. The van der Waals surface area contributed by atoms with Gasteiger partial charge in [0.05, 0.1) is 11.9 Å². The summed E-state index contributed by atoms with van der Waals surface area (Å²) in [6, 6.07) is 8.52. The Bertz CT molecular complexity index is 723. The van der Waals surface area contributed by atoms with Gasteiger partial charge in [0.25, 0.3) is 0 Å². The third-order valence-corrected chi connectivity index (χ3v) is 4.08. The maximum Gasteiger partial charge on any atom is 0.186 e. The van der Waals surface area contributed by atoms with Gasteiger partial charge in [0, 0.05) is 23.5 Å². The van der Waals surface area contributed by atoms with Crippen molar-refractivity contribution in [3.05, 3.63) is 52.3 Å². The van der Waals surface area contributed by atoms with E-state index in [9.17, 15) is 0 Å². The van der Waals surface area contributed by atoms with Crippen LogP contribution in [0.25, 0.3) is 5.69 Å². The van der Waals surface area contributed by atoms with E-state index in [1.54, 1.807) is 0 Å². The fourth-order valence-electron chi connectivity index (χ4n) is 2.78. The molecular formula is C18H24N4S. The van der Waals surface area contributed by atoms with Gasteiger partial charge < -0.3 is 9.88 Å². The molecule has 0 unspecified atom stereocenters. The molecule has 2 rings (SSSR count). The molecule has 0 atom stereocenters. The second-order valence-electron chi connectivity index (χ2n) is 5.63. The monoisotopic (exact) mass is 328 g/mol. The fraction of sp³-hybridized carbons (Fsp3) is 0.333. The number of para-hydroxylation sites is 1. The Hall–Kier alpha value is -2.14. The largest absolute Gasteiger partial charge is 0.362 e. The van der Waals surface area contributed by atoms with Crippen LogP contribution in [0, 0.1) is 27.7 Å². The van der Waals surface area contributed by atoms with Crippen molar-refractivity contribution in [3.8, 4) is 5.69 Å². The summed E-state index contributed by atoms with van der Waals surface area (Å²) in [5.74, 6) is 0. The minimum atomic E-state index is 0.535. The average Bonchev–Trinajstić information content (AvgIpc) is 2.75. The number of hydrogen-bond acceptors (Lipinski definition) is 2. The van der Waals surface area contributed by atoms with Gasteiger partial charge in [-0.25, -0.2) is 0 Å². The summed E-state index contributed by atoms with van der Waals surface area (Å²) >= 11 is 5.10. The maximum atomic E-state index is 5.10. The number of thiocarbonyl (C=S) groups is 1. The van der Waals surface area contributed by atoms with E-state index in [0.717, 1.165) is 12.1 Å². The van der Waals surface area contributed by atoms with E-state index < -0.39 is 0 Å². The third-order valence-electron chi connectivity index (χ3n) is 3.84. The van der Waals surface area contributed by atoms with Crippen LogP contribution in [-0.4, -0.2) is 22.4 Å². The summed E-state index contributed by atoms with van der Waals surface area (Å²) in [5, 5.41) is 7.76. The predicted octanol–water partition coefficient (Wildman–Crippen LogP) is 3.53. The highest BCUT2D eigenvalue weighted by molar-refractivity contribution is 7.80. The number of aromatic nitrogens is 1. The molecule has 2 N–H and O–H groups in total. The van der Waals surface area contributed by atoms with Crippen molar-refractivity contribution >= 4 is 23.5 Å². The molecule has 0 saturated carbocycles. The van der Waals surface area contributed by atoms with Crippen molar-refractivity contribution in [1.82, 2.24) is 15.3 Å². The van der Waals surface area contributed by atoms with Crippen LogP contribution in [0.5, 0.6) is 0 Å². The van der Waals surface area contributed by atoms with Crippen LogP contribution in [0.1, 0.15) is 35.0 Å². The molecule has 23 heavy (non-hydrogen) atoms. The molecule has 0 fully saturated rings. The molecule has 1 aromatic heterocycles. The molecule has 1 heterocycles. The normalized spacial score (nSPS) is 11.0. The van der Waals surface area contributed by atoms with Gasteiger partial charge in [0.15, 0.2) is 5.11 Å². The van der Waals surface area contributed by atoms with Gasteiger partial charge in [-0.2, -0.15) is 5.10 Å². The Balaban J connectivity index is 2.34. The van der Waals surface area contributed by atoms with E-state index in [2.05, 4.69) is 72.4 Å². The van der Waals surface area contributed by atoms with Gasteiger partial charge in [-0.3, -0.25) is 5.43 Å². The SMILES string of the molecule is CCNC(=S)NN=Cc1cc(C)n(-c2c(C)cccc2C)c1C. The van der Waals surface area contributed by atoms with Crippen LogP contribution in [0.2, 0.25) is 0 Å². The summed E-state index contributed by atoms with van der Waals surface area (Å²) in [7, 11) is 0. The molecule has 0 spiro atoms. The molecule has 0 radical (unpaired) electrons. The van der Waals surface area contributed by atoms with Crippen molar-refractivity contribution in [2.24, 2.45) is 5.10 Å². The first-order valence-corrected chi connectivity index (χ1v) is 8.19. The van der Waals surface area contributed by atoms with Gasteiger partial charge in [-0.05, 0) is 64.0 Å². The van der Waals surface area contributed by atoms with Crippen LogP contribution in [0.15, 0.2) is 29.4 Å². The van der Waals surface area contributed by atoms with E-state index in [4.69, 9.17) is 12.2 Å². The van der Waals surface area contributed by atoms with Gasteiger partial charge in [-0.1, -0.05) is 18.2 Å². The molecule has 5 heteroatoms. The zero-order chi connectivity index (χ0) is 17.0. The van der Waals surface area contributed by atoms with E-state index in [1.165, 1.54) is 28.2 Å². The first-order valence-electron chi connectivity index (χ1n) is 7.78. The smallest absolute Gasteiger partial charge is 0.186 e. The highest BCUT2D eigenvalue weighted by Crippen LogP contribution is 2.25. The number of aryl methyl sites for hydroxylation is 3. The standard InChI is InChI=1S/C18H24N4S/c1-6-19-18(23)21-20-11-16-10-14(4)22(15(16)5)17-12(2)8-7-9-13(17)3/h7-11H,6H2,1-5H3,(H2,19,21,23). The van der Waals surface area contributed by atoms with E-state index in [0.29, 0.717) is 5.11 Å². The first-order chi connectivity index (χ1) is 11.0. The lowest BCUT2D eigenvalue weighted by Gasteiger charge is -2.15. The topological polar surface area (TPSA) is 41.4 Å². The van der Waals surface area contributed by atoms with Crippen LogP contribution in [0.4, 0.5) is 0 Å². The second kappa shape index (κ2) is 7.42. The van der Waals surface area contributed by atoms with E-state index in [1.807, 2.05) is 13.1 Å². The molecular weight excluding hydrogens is 304 g/mol. The summed E-state index contributed by atoms with van der Waals surface area (Å²) in [6.45, 7) is 11.3. The molecule has 122 valence electrons. The minimum absolute atomic E-state index is 0.535. The predicted molar refractivity (Wildman–Crippen MR) is 102 cm³/mol. The number of benzene rings is 1. The summed E-state index contributed by atoms with van der Waals surface area (Å²) in [6.07, 6.45) is 1.82. The number of rotatable bonds is 4.